The lowest BCUT2D eigenvalue weighted by Gasteiger charge is -2.19. The van der Waals surface area contributed by atoms with E-state index in [2.05, 4.69) is 20.7 Å². The number of aryl methyl sites for hydroxylation is 1. The van der Waals surface area contributed by atoms with Crippen LogP contribution in [0.25, 0.3) is 0 Å². The number of nitrogen functional groups attached to an aromatic ring is 1. The molecular formula is C9H17N5O. The third-order valence-corrected chi connectivity index (χ3v) is 1.79. The number of nitrogens with one attached hydrogen (secondary N) is 2. The molecule has 0 amide bonds. The van der Waals surface area contributed by atoms with Gasteiger partial charge in [0.1, 0.15) is 5.82 Å². The van der Waals surface area contributed by atoms with E-state index in [-0.39, 0.29) is 0 Å². The summed E-state index contributed by atoms with van der Waals surface area (Å²) in [6, 6.07) is 0. The molecule has 1 aromatic heterocycles. The molecule has 0 fully saturated rings. The average Bonchev–Trinajstić information content (AvgIpc) is 2.15. The van der Waals surface area contributed by atoms with Gasteiger partial charge < -0.3 is 10.4 Å². The quantitative estimate of drug-likeness (QED) is 0.421. The fraction of sp³-hybridized carbons (Fsp3) is 0.556. The van der Waals surface area contributed by atoms with Crippen LogP contribution in [0.1, 0.15) is 19.4 Å². The minimum atomic E-state index is -0.784. The van der Waals surface area contributed by atoms with Crippen LogP contribution in [-0.4, -0.2) is 27.2 Å². The fourth-order valence-corrected chi connectivity index (χ4v) is 0.991. The number of rotatable bonds is 4. The van der Waals surface area contributed by atoms with Gasteiger partial charge in [-0.15, -0.1) is 0 Å². The molecule has 0 spiro atoms. The van der Waals surface area contributed by atoms with E-state index < -0.39 is 5.60 Å². The van der Waals surface area contributed by atoms with Crippen LogP contribution in [0, 0.1) is 6.92 Å². The molecule has 0 aliphatic heterocycles. The maximum atomic E-state index is 9.55. The van der Waals surface area contributed by atoms with Gasteiger partial charge in [-0.2, -0.15) is 4.98 Å². The third-order valence-electron chi connectivity index (χ3n) is 1.79. The zero-order valence-electron chi connectivity index (χ0n) is 9.20. The summed E-state index contributed by atoms with van der Waals surface area (Å²) in [7, 11) is 0. The molecule has 15 heavy (non-hydrogen) atoms. The molecular weight excluding hydrogens is 194 g/mol. The van der Waals surface area contributed by atoms with Gasteiger partial charge in [-0.1, -0.05) is 0 Å². The molecule has 0 atom stereocenters. The second kappa shape index (κ2) is 4.41. The highest BCUT2D eigenvalue weighted by Gasteiger charge is 2.13. The Kier molecular flexibility index (Phi) is 3.43. The summed E-state index contributed by atoms with van der Waals surface area (Å²) < 4.78 is 0. The van der Waals surface area contributed by atoms with Gasteiger partial charge in [0.2, 0.25) is 5.95 Å². The molecule has 0 aliphatic rings. The van der Waals surface area contributed by atoms with Crippen molar-refractivity contribution in [2.75, 3.05) is 17.3 Å². The van der Waals surface area contributed by atoms with Crippen LogP contribution < -0.4 is 16.6 Å². The van der Waals surface area contributed by atoms with Crippen molar-refractivity contribution in [3.8, 4) is 0 Å². The molecule has 5 N–H and O–H groups in total. The van der Waals surface area contributed by atoms with Gasteiger partial charge in [-0.25, -0.2) is 10.8 Å². The van der Waals surface area contributed by atoms with E-state index >= 15 is 0 Å². The molecule has 0 saturated carbocycles. The van der Waals surface area contributed by atoms with Gasteiger partial charge in [0, 0.05) is 18.3 Å². The zero-order valence-corrected chi connectivity index (χ0v) is 9.20. The van der Waals surface area contributed by atoms with E-state index in [1.54, 1.807) is 20.0 Å². The number of nitrogens with two attached hydrogens (primary N) is 1. The molecule has 0 bridgehead atoms. The van der Waals surface area contributed by atoms with E-state index in [4.69, 9.17) is 5.84 Å². The lowest BCUT2D eigenvalue weighted by molar-refractivity contribution is 0.0944. The van der Waals surface area contributed by atoms with Gasteiger partial charge in [0.25, 0.3) is 0 Å². The summed E-state index contributed by atoms with van der Waals surface area (Å²) in [5.74, 6) is 6.21. The van der Waals surface area contributed by atoms with Crippen LogP contribution in [0.5, 0.6) is 0 Å². The van der Waals surface area contributed by atoms with Crippen LogP contribution in [0.15, 0.2) is 6.20 Å². The first kappa shape index (κ1) is 11.7. The van der Waals surface area contributed by atoms with E-state index in [9.17, 15) is 5.11 Å². The number of hydrazine groups is 1. The van der Waals surface area contributed by atoms with E-state index in [0.717, 1.165) is 5.56 Å². The first-order chi connectivity index (χ1) is 6.92. The highest BCUT2D eigenvalue weighted by atomic mass is 16.3. The predicted molar refractivity (Wildman–Crippen MR) is 59.4 cm³/mol. The molecule has 84 valence electrons. The Hall–Kier alpha value is -1.40. The normalized spacial score (nSPS) is 11.3. The first-order valence-electron chi connectivity index (χ1n) is 4.69. The number of aliphatic hydroxyl groups is 1. The summed E-state index contributed by atoms with van der Waals surface area (Å²) >= 11 is 0. The summed E-state index contributed by atoms with van der Waals surface area (Å²) in [6.07, 6.45) is 1.66. The van der Waals surface area contributed by atoms with Gasteiger partial charge >= 0.3 is 0 Å². The highest BCUT2D eigenvalue weighted by Crippen LogP contribution is 2.13. The summed E-state index contributed by atoms with van der Waals surface area (Å²) in [5.41, 5.74) is 2.48. The third kappa shape index (κ3) is 3.69. The van der Waals surface area contributed by atoms with Crippen LogP contribution in [0.2, 0.25) is 0 Å². The Bertz CT molecular complexity index is 334. The Labute approximate surface area is 88.9 Å². The van der Waals surface area contributed by atoms with Gasteiger partial charge in [0.15, 0.2) is 0 Å². The summed E-state index contributed by atoms with van der Waals surface area (Å²) in [6.45, 7) is 5.74. The Morgan fingerprint density at radius 3 is 2.73 bits per heavy atom. The molecule has 6 nitrogen and oxygen atoms in total. The molecule has 0 aliphatic carbocycles. The molecule has 6 heteroatoms. The van der Waals surface area contributed by atoms with E-state index in [0.29, 0.717) is 18.3 Å². The summed E-state index contributed by atoms with van der Waals surface area (Å²) in [4.78, 5) is 8.08. The summed E-state index contributed by atoms with van der Waals surface area (Å²) in [5, 5.41) is 12.6. The molecule has 0 saturated heterocycles. The van der Waals surface area contributed by atoms with Crippen LogP contribution >= 0.6 is 0 Å². The standard InChI is InChI=1S/C9H17N5O/c1-6-4-11-8(14-10)13-7(6)12-5-9(2,3)15/h4,15H,5,10H2,1-3H3,(H2,11,12,13,14). The Morgan fingerprint density at radius 2 is 2.20 bits per heavy atom. The van der Waals surface area contributed by atoms with Crippen molar-refractivity contribution < 1.29 is 5.11 Å². The minimum Gasteiger partial charge on any atom is -0.389 e. The molecule has 1 rings (SSSR count). The average molecular weight is 211 g/mol. The van der Waals surface area contributed by atoms with Crippen LogP contribution in [0.3, 0.4) is 0 Å². The Balaban J connectivity index is 2.75. The Morgan fingerprint density at radius 1 is 1.53 bits per heavy atom. The van der Waals surface area contributed by atoms with Crippen molar-refractivity contribution in [2.24, 2.45) is 5.84 Å². The smallest absolute Gasteiger partial charge is 0.239 e. The van der Waals surface area contributed by atoms with Crippen molar-refractivity contribution >= 4 is 11.8 Å². The lowest BCUT2D eigenvalue weighted by atomic mass is 10.1. The van der Waals surface area contributed by atoms with Gasteiger partial charge in [0.05, 0.1) is 5.60 Å². The van der Waals surface area contributed by atoms with Crippen molar-refractivity contribution in [1.82, 2.24) is 9.97 Å². The number of anilines is 2. The SMILES string of the molecule is Cc1cnc(NN)nc1NCC(C)(C)O. The molecule has 1 heterocycles. The topological polar surface area (TPSA) is 96.1 Å². The second-order valence-corrected chi connectivity index (χ2v) is 4.04. The molecule has 0 unspecified atom stereocenters. The zero-order chi connectivity index (χ0) is 11.5. The first-order valence-corrected chi connectivity index (χ1v) is 4.69. The minimum absolute atomic E-state index is 0.346. The largest absolute Gasteiger partial charge is 0.389 e. The van der Waals surface area contributed by atoms with Crippen molar-refractivity contribution in [3.63, 3.8) is 0 Å². The van der Waals surface area contributed by atoms with Crippen molar-refractivity contribution in [1.29, 1.82) is 0 Å². The van der Waals surface area contributed by atoms with E-state index in [1.165, 1.54) is 0 Å². The van der Waals surface area contributed by atoms with Gasteiger partial charge in [-0.3, -0.25) is 5.43 Å². The van der Waals surface area contributed by atoms with Gasteiger partial charge in [-0.05, 0) is 20.8 Å². The maximum absolute atomic E-state index is 9.55. The number of nitrogens with zero attached hydrogens (tertiary/aromatic N) is 2. The van der Waals surface area contributed by atoms with Crippen molar-refractivity contribution in [3.05, 3.63) is 11.8 Å². The molecule has 0 aromatic carbocycles. The van der Waals surface area contributed by atoms with Crippen LogP contribution in [-0.2, 0) is 0 Å². The monoisotopic (exact) mass is 211 g/mol. The molecule has 0 radical (unpaired) electrons. The lowest BCUT2D eigenvalue weighted by Crippen LogP contribution is -2.30. The number of aromatic nitrogens is 2. The molecule has 1 aromatic rings. The number of hydrogen-bond donors (Lipinski definition) is 4. The predicted octanol–water partition coefficient (Wildman–Crippen LogP) is 0.253. The second-order valence-electron chi connectivity index (χ2n) is 4.04. The highest BCUT2D eigenvalue weighted by molar-refractivity contribution is 5.46. The van der Waals surface area contributed by atoms with Crippen molar-refractivity contribution in [2.45, 2.75) is 26.4 Å². The van der Waals surface area contributed by atoms with E-state index in [1.807, 2.05) is 6.92 Å². The maximum Gasteiger partial charge on any atom is 0.239 e. The number of hydrogen-bond acceptors (Lipinski definition) is 6. The van der Waals surface area contributed by atoms with Crippen LogP contribution in [0.4, 0.5) is 11.8 Å². The fourth-order valence-electron chi connectivity index (χ4n) is 0.991.